The molecule has 0 bridgehead atoms. The minimum atomic E-state index is -0.910. The SMILES string of the molecule is NC(c1cc(F)ccc1O)C1OC1O. The average Bonchev–Trinajstić information content (AvgIpc) is 2.86. The maximum atomic E-state index is 12.8. The fourth-order valence-corrected chi connectivity index (χ4v) is 1.35. The second-order valence-electron chi connectivity index (χ2n) is 3.22. The second-order valence-corrected chi connectivity index (χ2v) is 3.22. The van der Waals surface area contributed by atoms with Crippen molar-refractivity contribution in [3.05, 3.63) is 29.6 Å². The molecule has 1 saturated heterocycles. The Morgan fingerprint density at radius 2 is 2.14 bits per heavy atom. The normalized spacial score (nSPS) is 27.4. The van der Waals surface area contributed by atoms with Gasteiger partial charge in [0.15, 0.2) is 6.29 Å². The van der Waals surface area contributed by atoms with Gasteiger partial charge in [-0.25, -0.2) is 4.39 Å². The van der Waals surface area contributed by atoms with Gasteiger partial charge < -0.3 is 20.7 Å². The van der Waals surface area contributed by atoms with E-state index in [1.54, 1.807) is 0 Å². The number of phenolic OH excluding ortho intramolecular Hbond substituents is 1. The maximum absolute atomic E-state index is 12.8. The summed E-state index contributed by atoms with van der Waals surface area (Å²) < 4.78 is 17.5. The number of halogens is 1. The maximum Gasteiger partial charge on any atom is 0.183 e. The first-order valence-corrected chi connectivity index (χ1v) is 4.17. The third-order valence-electron chi connectivity index (χ3n) is 2.20. The van der Waals surface area contributed by atoms with Crippen LogP contribution in [0.5, 0.6) is 5.75 Å². The first kappa shape index (κ1) is 9.39. The number of aliphatic hydroxyl groups is 1. The molecule has 4 N–H and O–H groups in total. The van der Waals surface area contributed by atoms with Crippen LogP contribution in [0.3, 0.4) is 0 Å². The number of hydrogen-bond donors (Lipinski definition) is 3. The Kier molecular flexibility index (Phi) is 2.14. The van der Waals surface area contributed by atoms with Gasteiger partial charge in [0.1, 0.15) is 17.7 Å². The lowest BCUT2D eigenvalue weighted by Gasteiger charge is -2.10. The monoisotopic (exact) mass is 199 g/mol. The molecule has 3 atom stereocenters. The molecule has 1 heterocycles. The van der Waals surface area contributed by atoms with E-state index in [2.05, 4.69) is 0 Å². The van der Waals surface area contributed by atoms with E-state index in [4.69, 9.17) is 15.6 Å². The number of rotatable bonds is 2. The van der Waals surface area contributed by atoms with Gasteiger partial charge in [0.2, 0.25) is 0 Å². The van der Waals surface area contributed by atoms with Crippen molar-refractivity contribution in [2.24, 2.45) is 5.73 Å². The van der Waals surface area contributed by atoms with Crippen LogP contribution in [0.1, 0.15) is 11.6 Å². The quantitative estimate of drug-likeness (QED) is 0.596. The molecular formula is C9H10FNO3. The van der Waals surface area contributed by atoms with Gasteiger partial charge in [0.05, 0.1) is 6.04 Å². The topological polar surface area (TPSA) is 79.0 Å². The van der Waals surface area contributed by atoms with E-state index in [1.807, 2.05) is 0 Å². The van der Waals surface area contributed by atoms with Crippen molar-refractivity contribution in [3.8, 4) is 5.75 Å². The number of ether oxygens (including phenoxy) is 1. The summed E-state index contributed by atoms with van der Waals surface area (Å²) in [4.78, 5) is 0. The summed E-state index contributed by atoms with van der Waals surface area (Å²) in [6.45, 7) is 0. The summed E-state index contributed by atoms with van der Waals surface area (Å²) in [6, 6.07) is 2.78. The zero-order valence-corrected chi connectivity index (χ0v) is 7.22. The zero-order chi connectivity index (χ0) is 10.3. The van der Waals surface area contributed by atoms with Crippen LogP contribution in [-0.2, 0) is 4.74 Å². The molecule has 1 aliphatic heterocycles. The molecule has 14 heavy (non-hydrogen) atoms. The van der Waals surface area contributed by atoms with Crippen LogP contribution in [0.2, 0.25) is 0 Å². The number of hydrogen-bond acceptors (Lipinski definition) is 4. The first-order valence-electron chi connectivity index (χ1n) is 4.17. The Bertz CT molecular complexity index is 358. The van der Waals surface area contributed by atoms with Crippen LogP contribution in [-0.4, -0.2) is 22.6 Å². The lowest BCUT2D eigenvalue weighted by molar-refractivity contribution is 0.155. The van der Waals surface area contributed by atoms with Crippen molar-refractivity contribution in [1.29, 1.82) is 0 Å². The molecular weight excluding hydrogens is 189 g/mol. The van der Waals surface area contributed by atoms with Crippen molar-refractivity contribution in [1.82, 2.24) is 0 Å². The highest BCUT2D eigenvalue weighted by Crippen LogP contribution is 2.34. The van der Waals surface area contributed by atoms with Gasteiger partial charge in [0, 0.05) is 5.56 Å². The van der Waals surface area contributed by atoms with E-state index >= 15 is 0 Å². The lowest BCUT2D eigenvalue weighted by Crippen LogP contribution is -2.18. The standard InChI is InChI=1S/C9H10FNO3/c10-4-1-2-6(12)5(3-4)7(11)8-9(13)14-8/h1-3,7-9,12-13H,11H2. The van der Waals surface area contributed by atoms with Crippen molar-refractivity contribution in [2.75, 3.05) is 0 Å². The Morgan fingerprint density at radius 3 is 2.71 bits per heavy atom. The molecule has 1 fully saturated rings. The summed E-state index contributed by atoms with van der Waals surface area (Å²) in [5.74, 6) is -0.579. The van der Waals surface area contributed by atoms with Gasteiger partial charge in [-0.3, -0.25) is 0 Å². The van der Waals surface area contributed by atoms with Crippen LogP contribution in [0.15, 0.2) is 18.2 Å². The number of aromatic hydroxyl groups is 1. The largest absolute Gasteiger partial charge is 0.508 e. The van der Waals surface area contributed by atoms with Gasteiger partial charge in [-0.15, -0.1) is 0 Å². The van der Waals surface area contributed by atoms with E-state index in [-0.39, 0.29) is 11.3 Å². The minimum absolute atomic E-state index is 0.0957. The molecule has 0 saturated carbocycles. The third-order valence-corrected chi connectivity index (χ3v) is 2.20. The molecule has 5 heteroatoms. The van der Waals surface area contributed by atoms with Gasteiger partial charge in [0.25, 0.3) is 0 Å². The van der Waals surface area contributed by atoms with E-state index < -0.39 is 24.3 Å². The lowest BCUT2D eigenvalue weighted by atomic mass is 10.0. The molecule has 0 amide bonds. The Morgan fingerprint density at radius 1 is 1.50 bits per heavy atom. The summed E-state index contributed by atoms with van der Waals surface area (Å²) in [7, 11) is 0. The molecule has 1 aliphatic rings. The predicted molar refractivity (Wildman–Crippen MR) is 45.9 cm³/mol. The fourth-order valence-electron chi connectivity index (χ4n) is 1.35. The Hall–Kier alpha value is -1.17. The Balaban J connectivity index is 2.26. The smallest absolute Gasteiger partial charge is 0.183 e. The fraction of sp³-hybridized carbons (Fsp3) is 0.333. The highest BCUT2D eigenvalue weighted by atomic mass is 19.1. The van der Waals surface area contributed by atoms with Gasteiger partial charge >= 0.3 is 0 Å². The zero-order valence-electron chi connectivity index (χ0n) is 7.22. The molecule has 76 valence electrons. The van der Waals surface area contributed by atoms with Crippen LogP contribution in [0, 0.1) is 5.82 Å². The second kappa shape index (κ2) is 3.20. The summed E-state index contributed by atoms with van der Waals surface area (Å²) in [5, 5.41) is 18.3. The summed E-state index contributed by atoms with van der Waals surface area (Å²) >= 11 is 0. The van der Waals surface area contributed by atoms with Gasteiger partial charge in [-0.05, 0) is 18.2 Å². The first-order chi connectivity index (χ1) is 6.59. The summed E-state index contributed by atoms with van der Waals surface area (Å²) in [6.07, 6.45) is -1.46. The van der Waals surface area contributed by atoms with E-state index in [0.717, 1.165) is 12.1 Å². The van der Waals surface area contributed by atoms with Crippen molar-refractivity contribution in [2.45, 2.75) is 18.4 Å². The molecule has 4 nitrogen and oxygen atoms in total. The number of epoxide rings is 1. The molecule has 2 rings (SSSR count). The molecule has 0 radical (unpaired) electrons. The molecule has 0 aliphatic carbocycles. The minimum Gasteiger partial charge on any atom is -0.508 e. The van der Waals surface area contributed by atoms with Crippen LogP contribution in [0.4, 0.5) is 4.39 Å². The Labute approximate surface area is 79.7 Å². The van der Waals surface area contributed by atoms with Crippen LogP contribution < -0.4 is 5.73 Å². The number of aliphatic hydroxyl groups excluding tert-OH is 1. The van der Waals surface area contributed by atoms with E-state index in [1.165, 1.54) is 6.07 Å². The molecule has 1 aromatic rings. The number of phenols is 1. The average molecular weight is 199 g/mol. The van der Waals surface area contributed by atoms with Crippen molar-refractivity contribution in [3.63, 3.8) is 0 Å². The molecule has 1 aromatic carbocycles. The van der Waals surface area contributed by atoms with Crippen molar-refractivity contribution < 1.29 is 19.3 Å². The van der Waals surface area contributed by atoms with Crippen LogP contribution in [0.25, 0.3) is 0 Å². The molecule has 0 aromatic heterocycles. The third kappa shape index (κ3) is 1.57. The predicted octanol–water partition coefficient (Wildman–Crippen LogP) is 0.248. The van der Waals surface area contributed by atoms with Gasteiger partial charge in [-0.1, -0.05) is 0 Å². The highest BCUT2D eigenvalue weighted by molar-refractivity contribution is 5.36. The summed E-state index contributed by atoms with van der Waals surface area (Å²) in [5.41, 5.74) is 5.89. The molecule has 0 spiro atoms. The van der Waals surface area contributed by atoms with E-state index in [0.29, 0.717) is 0 Å². The molecule has 3 unspecified atom stereocenters. The van der Waals surface area contributed by atoms with Crippen molar-refractivity contribution >= 4 is 0 Å². The van der Waals surface area contributed by atoms with Crippen LogP contribution >= 0.6 is 0 Å². The van der Waals surface area contributed by atoms with E-state index in [9.17, 15) is 9.50 Å². The highest BCUT2D eigenvalue weighted by Gasteiger charge is 2.43. The van der Waals surface area contributed by atoms with Gasteiger partial charge in [-0.2, -0.15) is 0 Å². The number of nitrogens with two attached hydrogens (primary N) is 1. The number of benzene rings is 1.